The minimum Gasteiger partial charge on any atom is -0.452 e. The van der Waals surface area contributed by atoms with Gasteiger partial charge in [0.1, 0.15) is 5.54 Å². The number of anilines is 2. The van der Waals surface area contributed by atoms with E-state index in [4.69, 9.17) is 4.74 Å². The number of benzene rings is 2. The van der Waals surface area contributed by atoms with Crippen LogP contribution in [0.1, 0.15) is 36.0 Å². The molecule has 2 aromatic carbocycles. The molecule has 6 nitrogen and oxygen atoms in total. The third kappa shape index (κ3) is 3.20. The fourth-order valence-corrected chi connectivity index (χ4v) is 4.42. The monoisotopic (exact) mass is 442 g/mol. The van der Waals surface area contributed by atoms with Crippen molar-refractivity contribution in [3.63, 3.8) is 0 Å². The van der Waals surface area contributed by atoms with E-state index in [1.807, 2.05) is 18.2 Å². The largest absolute Gasteiger partial charge is 0.452 e. The highest BCUT2D eigenvalue weighted by Gasteiger charge is 2.52. The molecule has 1 heterocycles. The van der Waals surface area contributed by atoms with Gasteiger partial charge in [0, 0.05) is 4.47 Å². The number of carbonyl (C=O) groups excluding carboxylic acids is 3. The van der Waals surface area contributed by atoms with Crippen LogP contribution < -0.4 is 10.2 Å². The summed E-state index contributed by atoms with van der Waals surface area (Å²) in [6.07, 6.45) is 2.94. The zero-order valence-corrected chi connectivity index (χ0v) is 16.7. The van der Waals surface area contributed by atoms with Gasteiger partial charge >= 0.3 is 5.97 Å². The van der Waals surface area contributed by atoms with Gasteiger partial charge in [0.2, 0.25) is 0 Å². The van der Waals surface area contributed by atoms with Gasteiger partial charge in [-0.2, -0.15) is 0 Å². The van der Waals surface area contributed by atoms with Gasteiger partial charge in [0.25, 0.3) is 11.8 Å². The lowest BCUT2D eigenvalue weighted by molar-refractivity contribution is -0.129. The van der Waals surface area contributed by atoms with E-state index in [1.54, 1.807) is 35.2 Å². The summed E-state index contributed by atoms with van der Waals surface area (Å²) in [5.74, 6) is -1.15. The molecule has 1 aliphatic heterocycles. The van der Waals surface area contributed by atoms with Gasteiger partial charge in [-0.1, -0.05) is 47.0 Å². The number of nitrogens with zero attached hydrogens (tertiary/aromatic N) is 1. The molecule has 28 heavy (non-hydrogen) atoms. The Morgan fingerprint density at radius 3 is 2.61 bits per heavy atom. The number of fused-ring (bicyclic) bond motifs is 1. The van der Waals surface area contributed by atoms with Crippen LogP contribution in [0.3, 0.4) is 0 Å². The molecule has 1 N–H and O–H groups in total. The van der Waals surface area contributed by atoms with Crippen LogP contribution in [0, 0.1) is 0 Å². The number of carbonyl (C=O) groups is 3. The highest BCUT2D eigenvalue weighted by atomic mass is 79.9. The van der Waals surface area contributed by atoms with Crippen molar-refractivity contribution in [3.05, 3.63) is 58.6 Å². The molecule has 0 saturated heterocycles. The molecule has 1 aliphatic carbocycles. The van der Waals surface area contributed by atoms with Crippen LogP contribution in [-0.2, 0) is 14.3 Å². The number of amides is 2. The summed E-state index contributed by atoms with van der Waals surface area (Å²) in [6.45, 7) is -0.422. The zero-order valence-electron chi connectivity index (χ0n) is 15.1. The van der Waals surface area contributed by atoms with Crippen molar-refractivity contribution in [2.75, 3.05) is 16.8 Å². The summed E-state index contributed by atoms with van der Waals surface area (Å²) in [7, 11) is 0. The van der Waals surface area contributed by atoms with Crippen LogP contribution in [0.4, 0.5) is 11.4 Å². The fraction of sp³-hybridized carbons (Fsp3) is 0.286. The predicted octanol–water partition coefficient (Wildman–Crippen LogP) is 3.90. The van der Waals surface area contributed by atoms with Crippen LogP contribution in [0.15, 0.2) is 53.0 Å². The van der Waals surface area contributed by atoms with Gasteiger partial charge in [-0.15, -0.1) is 0 Å². The van der Waals surface area contributed by atoms with Gasteiger partial charge < -0.3 is 10.1 Å². The third-order valence-corrected chi connectivity index (χ3v) is 5.80. The maximum Gasteiger partial charge on any atom is 0.338 e. The van der Waals surface area contributed by atoms with Crippen molar-refractivity contribution in [1.29, 1.82) is 0 Å². The Hall–Kier alpha value is -2.67. The molecule has 2 amide bonds. The summed E-state index contributed by atoms with van der Waals surface area (Å²) in [4.78, 5) is 39.9. The molecular formula is C21H19BrN2O4. The number of halogens is 1. The first kappa shape index (κ1) is 18.7. The minimum absolute atomic E-state index is 0.171. The van der Waals surface area contributed by atoms with E-state index in [-0.39, 0.29) is 5.91 Å². The first-order valence-electron chi connectivity index (χ1n) is 9.17. The molecule has 4 rings (SSSR count). The number of rotatable bonds is 3. The van der Waals surface area contributed by atoms with Crippen molar-refractivity contribution in [2.45, 2.75) is 31.2 Å². The van der Waals surface area contributed by atoms with E-state index in [1.165, 1.54) is 0 Å². The minimum atomic E-state index is -0.909. The smallest absolute Gasteiger partial charge is 0.338 e. The standard InChI is InChI=1S/C21H19BrN2O4/c22-15-7-5-6-14(12-15)19(26)28-13-18(25)24-17-9-2-1-8-16(17)23-20(27)21(24)10-3-4-11-21/h1-2,5-9,12H,3-4,10-11,13H2,(H,23,27). The number of nitrogens with one attached hydrogen (secondary N) is 1. The average molecular weight is 443 g/mol. The zero-order chi connectivity index (χ0) is 19.7. The highest BCUT2D eigenvalue weighted by Crippen LogP contribution is 2.45. The Morgan fingerprint density at radius 2 is 1.86 bits per heavy atom. The number of esters is 1. The average Bonchev–Trinajstić information content (AvgIpc) is 3.17. The maximum atomic E-state index is 13.1. The van der Waals surface area contributed by atoms with Gasteiger partial charge in [-0.3, -0.25) is 14.5 Å². The second kappa shape index (κ2) is 7.39. The van der Waals surface area contributed by atoms with E-state index < -0.39 is 24.0 Å². The molecule has 144 valence electrons. The maximum absolute atomic E-state index is 13.1. The van der Waals surface area contributed by atoms with E-state index in [0.717, 1.165) is 17.3 Å². The number of hydrogen-bond donors (Lipinski definition) is 1. The lowest BCUT2D eigenvalue weighted by atomic mass is 9.90. The van der Waals surface area contributed by atoms with Crippen molar-refractivity contribution in [2.24, 2.45) is 0 Å². The summed E-state index contributed by atoms with van der Waals surface area (Å²) < 4.78 is 6.02. The number of para-hydroxylation sites is 2. The Balaban J connectivity index is 1.59. The molecule has 0 unspecified atom stereocenters. The number of ether oxygens (including phenoxy) is 1. The van der Waals surface area contributed by atoms with E-state index in [9.17, 15) is 14.4 Å². The molecule has 1 fully saturated rings. The Kier molecular flexibility index (Phi) is 4.93. The van der Waals surface area contributed by atoms with E-state index in [2.05, 4.69) is 21.2 Å². The Morgan fingerprint density at radius 1 is 1.11 bits per heavy atom. The van der Waals surface area contributed by atoms with Crippen LogP contribution in [-0.4, -0.2) is 29.9 Å². The molecule has 2 aromatic rings. The lowest BCUT2D eigenvalue weighted by Crippen LogP contribution is -2.61. The summed E-state index contributed by atoms with van der Waals surface area (Å²) in [5.41, 5.74) is 0.687. The van der Waals surface area contributed by atoms with Crippen LogP contribution in [0.2, 0.25) is 0 Å². The van der Waals surface area contributed by atoms with Crippen LogP contribution in [0.5, 0.6) is 0 Å². The second-order valence-electron chi connectivity index (χ2n) is 7.03. The van der Waals surface area contributed by atoms with Gasteiger partial charge in [-0.25, -0.2) is 4.79 Å². The van der Waals surface area contributed by atoms with Gasteiger partial charge in [0.05, 0.1) is 16.9 Å². The Labute approximate surface area is 171 Å². The molecule has 0 atom stereocenters. The third-order valence-electron chi connectivity index (χ3n) is 5.31. The molecule has 0 radical (unpaired) electrons. The van der Waals surface area contributed by atoms with E-state index in [0.29, 0.717) is 29.8 Å². The highest BCUT2D eigenvalue weighted by molar-refractivity contribution is 9.10. The quantitative estimate of drug-likeness (QED) is 0.731. The summed E-state index contributed by atoms with van der Waals surface area (Å²) >= 11 is 3.31. The normalized spacial score (nSPS) is 17.2. The Bertz CT molecular complexity index is 953. The topological polar surface area (TPSA) is 75.7 Å². The van der Waals surface area contributed by atoms with Crippen molar-refractivity contribution < 1.29 is 19.1 Å². The number of hydrogen-bond acceptors (Lipinski definition) is 4. The first-order valence-corrected chi connectivity index (χ1v) is 9.97. The SMILES string of the molecule is O=C(OCC(=O)N1c2ccccc2NC(=O)C12CCCC2)c1cccc(Br)c1. The van der Waals surface area contributed by atoms with Crippen molar-refractivity contribution in [3.8, 4) is 0 Å². The van der Waals surface area contributed by atoms with Crippen molar-refractivity contribution >= 4 is 45.1 Å². The molecule has 0 bridgehead atoms. The first-order chi connectivity index (χ1) is 13.5. The molecule has 2 aliphatic rings. The fourth-order valence-electron chi connectivity index (χ4n) is 4.02. The van der Waals surface area contributed by atoms with E-state index >= 15 is 0 Å². The van der Waals surface area contributed by atoms with Crippen LogP contribution in [0.25, 0.3) is 0 Å². The molecule has 1 saturated carbocycles. The molecule has 1 spiro atoms. The predicted molar refractivity (Wildman–Crippen MR) is 108 cm³/mol. The van der Waals surface area contributed by atoms with Crippen LogP contribution >= 0.6 is 15.9 Å². The molecular weight excluding hydrogens is 424 g/mol. The lowest BCUT2D eigenvalue weighted by Gasteiger charge is -2.44. The van der Waals surface area contributed by atoms with Crippen molar-refractivity contribution in [1.82, 2.24) is 0 Å². The van der Waals surface area contributed by atoms with Gasteiger partial charge in [0.15, 0.2) is 6.61 Å². The summed E-state index contributed by atoms with van der Waals surface area (Å²) in [6, 6.07) is 14.0. The molecule has 7 heteroatoms. The van der Waals surface area contributed by atoms with Gasteiger partial charge in [-0.05, 0) is 43.2 Å². The molecule has 0 aromatic heterocycles. The second-order valence-corrected chi connectivity index (χ2v) is 7.94. The summed E-state index contributed by atoms with van der Waals surface area (Å²) in [5, 5.41) is 2.93.